The summed E-state index contributed by atoms with van der Waals surface area (Å²) in [5, 5.41) is 7.24. The first-order valence-corrected chi connectivity index (χ1v) is 8.70. The Balaban J connectivity index is 2.48. The molecule has 9 heteroatoms. The summed E-state index contributed by atoms with van der Waals surface area (Å²) in [6.07, 6.45) is 0. The SMILES string of the molecule is CCOC(=O)c1c(NC(=O)c2c(Cl)c(C)nn2C)sc(C(C)=O)c1C. The Labute approximate surface area is 153 Å². The molecule has 7 nitrogen and oxygen atoms in total. The zero-order valence-corrected chi connectivity index (χ0v) is 16.1. The molecule has 2 aromatic heterocycles. The van der Waals surface area contributed by atoms with Crippen LogP contribution in [0.15, 0.2) is 0 Å². The Hall–Kier alpha value is -2.19. The molecule has 2 heterocycles. The van der Waals surface area contributed by atoms with Gasteiger partial charge in [-0.05, 0) is 33.3 Å². The van der Waals surface area contributed by atoms with Crippen molar-refractivity contribution >= 4 is 45.6 Å². The molecule has 0 saturated carbocycles. The number of ketones is 1. The molecule has 2 aromatic rings. The predicted molar refractivity (Wildman–Crippen MR) is 95.9 cm³/mol. The highest BCUT2D eigenvalue weighted by Crippen LogP contribution is 2.34. The summed E-state index contributed by atoms with van der Waals surface area (Å²) >= 11 is 7.16. The molecule has 1 amide bonds. The number of rotatable bonds is 5. The number of amides is 1. The van der Waals surface area contributed by atoms with Gasteiger partial charge in [0.1, 0.15) is 10.7 Å². The first kappa shape index (κ1) is 19.1. The minimum atomic E-state index is -0.591. The maximum atomic E-state index is 12.6. The average molecular weight is 384 g/mol. The fourth-order valence-electron chi connectivity index (χ4n) is 2.43. The van der Waals surface area contributed by atoms with E-state index in [2.05, 4.69) is 10.4 Å². The van der Waals surface area contributed by atoms with Crippen molar-refractivity contribution in [3.63, 3.8) is 0 Å². The molecular formula is C16H18ClN3O4S. The topological polar surface area (TPSA) is 90.3 Å². The monoisotopic (exact) mass is 383 g/mol. The number of hydrogen-bond acceptors (Lipinski definition) is 6. The third-order valence-electron chi connectivity index (χ3n) is 3.54. The van der Waals surface area contributed by atoms with E-state index in [1.165, 1.54) is 11.6 Å². The van der Waals surface area contributed by atoms with Crippen LogP contribution >= 0.6 is 22.9 Å². The van der Waals surface area contributed by atoms with E-state index in [0.717, 1.165) is 11.3 Å². The highest BCUT2D eigenvalue weighted by atomic mass is 35.5. The number of thiophene rings is 1. The normalized spacial score (nSPS) is 10.6. The van der Waals surface area contributed by atoms with E-state index in [4.69, 9.17) is 16.3 Å². The highest BCUT2D eigenvalue weighted by molar-refractivity contribution is 7.18. The second-order valence-electron chi connectivity index (χ2n) is 5.36. The van der Waals surface area contributed by atoms with Crippen LogP contribution in [0.5, 0.6) is 0 Å². The molecule has 0 unspecified atom stereocenters. The van der Waals surface area contributed by atoms with Gasteiger partial charge in [-0.15, -0.1) is 11.3 Å². The summed E-state index contributed by atoms with van der Waals surface area (Å²) in [6, 6.07) is 0. The second kappa shape index (κ2) is 7.37. The Morgan fingerprint density at radius 1 is 1.32 bits per heavy atom. The number of carbonyl (C=O) groups excluding carboxylic acids is 3. The van der Waals surface area contributed by atoms with Gasteiger partial charge in [0.2, 0.25) is 0 Å². The van der Waals surface area contributed by atoms with Gasteiger partial charge < -0.3 is 10.1 Å². The molecule has 0 fully saturated rings. The minimum Gasteiger partial charge on any atom is -0.462 e. The Kier molecular flexibility index (Phi) is 5.64. The van der Waals surface area contributed by atoms with Crippen LogP contribution in [0, 0.1) is 13.8 Å². The van der Waals surface area contributed by atoms with E-state index in [1.54, 1.807) is 27.8 Å². The molecule has 0 aromatic carbocycles. The third-order valence-corrected chi connectivity index (χ3v) is 5.30. The number of anilines is 1. The fraction of sp³-hybridized carbons (Fsp3) is 0.375. The molecule has 0 atom stereocenters. The molecule has 1 N–H and O–H groups in total. The van der Waals surface area contributed by atoms with Crippen LogP contribution in [0.25, 0.3) is 0 Å². The number of carbonyl (C=O) groups is 3. The van der Waals surface area contributed by atoms with Gasteiger partial charge in [-0.1, -0.05) is 11.6 Å². The van der Waals surface area contributed by atoms with Crippen molar-refractivity contribution < 1.29 is 19.1 Å². The number of esters is 1. The quantitative estimate of drug-likeness (QED) is 0.631. The molecule has 0 aliphatic rings. The summed E-state index contributed by atoms with van der Waals surface area (Å²) in [5.41, 5.74) is 1.36. The molecule has 0 saturated heterocycles. The molecule has 0 aliphatic carbocycles. The van der Waals surface area contributed by atoms with Gasteiger partial charge in [0.15, 0.2) is 5.78 Å². The van der Waals surface area contributed by atoms with Gasteiger partial charge in [-0.25, -0.2) is 4.79 Å². The zero-order chi connectivity index (χ0) is 18.9. The number of Topliss-reactive ketones (excluding diaryl/α,β-unsaturated/α-hetero) is 1. The Morgan fingerprint density at radius 3 is 2.44 bits per heavy atom. The number of aryl methyl sites for hydroxylation is 2. The smallest absolute Gasteiger partial charge is 0.341 e. The second-order valence-corrected chi connectivity index (χ2v) is 6.76. The maximum Gasteiger partial charge on any atom is 0.341 e. The van der Waals surface area contributed by atoms with Crippen molar-refractivity contribution in [2.45, 2.75) is 27.7 Å². The lowest BCUT2D eigenvalue weighted by Crippen LogP contribution is -2.18. The predicted octanol–water partition coefficient (Wildman–Crippen LogP) is 3.38. The van der Waals surface area contributed by atoms with Crippen LogP contribution in [-0.2, 0) is 11.8 Å². The van der Waals surface area contributed by atoms with Crippen LogP contribution in [0.2, 0.25) is 5.02 Å². The number of nitrogens with one attached hydrogen (secondary N) is 1. The summed E-state index contributed by atoms with van der Waals surface area (Å²) < 4.78 is 6.41. The summed E-state index contributed by atoms with van der Waals surface area (Å²) in [6.45, 7) is 6.61. The van der Waals surface area contributed by atoms with E-state index in [9.17, 15) is 14.4 Å². The van der Waals surface area contributed by atoms with Gasteiger partial charge >= 0.3 is 5.97 Å². The molecule has 25 heavy (non-hydrogen) atoms. The van der Waals surface area contributed by atoms with Gasteiger partial charge in [-0.3, -0.25) is 14.3 Å². The largest absolute Gasteiger partial charge is 0.462 e. The lowest BCUT2D eigenvalue weighted by Gasteiger charge is -2.07. The molecule has 0 aliphatic heterocycles. The lowest BCUT2D eigenvalue weighted by atomic mass is 10.1. The van der Waals surface area contributed by atoms with Crippen LogP contribution in [0.3, 0.4) is 0 Å². The molecule has 0 spiro atoms. The first-order chi connectivity index (χ1) is 11.7. The number of ether oxygens (including phenoxy) is 1. The first-order valence-electron chi connectivity index (χ1n) is 7.50. The van der Waals surface area contributed by atoms with Crippen LogP contribution < -0.4 is 5.32 Å². The van der Waals surface area contributed by atoms with Crippen LogP contribution in [-0.4, -0.2) is 34.0 Å². The van der Waals surface area contributed by atoms with E-state index in [1.807, 2.05) is 0 Å². The molecular weight excluding hydrogens is 366 g/mol. The number of halogens is 1. The fourth-order valence-corrected chi connectivity index (χ4v) is 3.76. The van der Waals surface area contributed by atoms with Gasteiger partial charge in [0.25, 0.3) is 5.91 Å². The minimum absolute atomic E-state index is 0.171. The number of hydrogen-bond donors (Lipinski definition) is 1. The number of nitrogens with zero attached hydrogens (tertiary/aromatic N) is 2. The summed E-state index contributed by atoms with van der Waals surface area (Å²) in [7, 11) is 1.60. The highest BCUT2D eigenvalue weighted by Gasteiger charge is 2.27. The van der Waals surface area contributed by atoms with Crippen molar-refractivity contribution in [1.29, 1.82) is 0 Å². The van der Waals surface area contributed by atoms with Gasteiger partial charge in [0.05, 0.1) is 27.8 Å². The van der Waals surface area contributed by atoms with E-state index >= 15 is 0 Å². The van der Waals surface area contributed by atoms with Gasteiger partial charge in [-0.2, -0.15) is 5.10 Å². The summed E-state index contributed by atoms with van der Waals surface area (Å²) in [5.74, 6) is -1.30. The summed E-state index contributed by atoms with van der Waals surface area (Å²) in [4.78, 5) is 37.0. The van der Waals surface area contributed by atoms with Crippen molar-refractivity contribution in [3.05, 3.63) is 32.4 Å². The Bertz CT molecular complexity index is 869. The van der Waals surface area contributed by atoms with Crippen molar-refractivity contribution in [2.75, 3.05) is 11.9 Å². The van der Waals surface area contributed by atoms with E-state index in [0.29, 0.717) is 16.1 Å². The van der Waals surface area contributed by atoms with E-state index in [-0.39, 0.29) is 33.7 Å². The van der Waals surface area contributed by atoms with Crippen LogP contribution in [0.1, 0.15) is 55.6 Å². The molecule has 134 valence electrons. The van der Waals surface area contributed by atoms with E-state index < -0.39 is 11.9 Å². The maximum absolute atomic E-state index is 12.6. The van der Waals surface area contributed by atoms with Crippen molar-refractivity contribution in [3.8, 4) is 0 Å². The standard InChI is InChI=1S/C16H18ClN3O4S/c1-6-24-16(23)10-7(2)13(9(4)21)25-15(10)18-14(22)12-11(17)8(3)19-20(12)5/h6H2,1-5H3,(H,18,22). The zero-order valence-electron chi connectivity index (χ0n) is 14.5. The number of aromatic nitrogens is 2. The van der Waals surface area contributed by atoms with Crippen LogP contribution in [0.4, 0.5) is 5.00 Å². The van der Waals surface area contributed by atoms with Gasteiger partial charge in [0, 0.05) is 7.05 Å². The third kappa shape index (κ3) is 3.59. The average Bonchev–Trinajstić information content (AvgIpc) is 2.96. The molecule has 0 bridgehead atoms. The lowest BCUT2D eigenvalue weighted by molar-refractivity contribution is 0.0527. The van der Waals surface area contributed by atoms with Crippen molar-refractivity contribution in [2.24, 2.45) is 7.05 Å². The molecule has 0 radical (unpaired) electrons. The van der Waals surface area contributed by atoms with Crippen molar-refractivity contribution in [1.82, 2.24) is 9.78 Å². The Morgan fingerprint density at radius 2 is 1.96 bits per heavy atom. The molecule has 2 rings (SSSR count).